The molecule has 0 saturated carbocycles. The molecule has 13 rings (SSSR count). The quantitative estimate of drug-likeness (QED) is 0.164. The Morgan fingerprint density at radius 2 is 0.814 bits per heavy atom. The highest BCUT2D eigenvalue weighted by atomic mass is 28.3. The van der Waals surface area contributed by atoms with E-state index in [-0.39, 0.29) is 17.5 Å². The van der Waals surface area contributed by atoms with Crippen molar-refractivity contribution < 1.29 is 4.74 Å². The number of nitrogens with zero attached hydrogens (tertiary/aromatic N) is 2. The van der Waals surface area contributed by atoms with Crippen LogP contribution in [-0.2, 0) is 10.8 Å². The van der Waals surface area contributed by atoms with Gasteiger partial charge in [0.15, 0.2) is 8.07 Å². The van der Waals surface area contributed by atoms with E-state index in [9.17, 15) is 0 Å². The van der Waals surface area contributed by atoms with Crippen molar-refractivity contribution in [1.29, 1.82) is 0 Å². The van der Waals surface area contributed by atoms with E-state index in [0.717, 1.165) is 17.2 Å². The van der Waals surface area contributed by atoms with Gasteiger partial charge in [-0.3, -0.25) is 0 Å². The molecule has 8 aromatic carbocycles. The third kappa shape index (κ3) is 3.99. The molecule has 0 unspecified atom stereocenters. The highest BCUT2D eigenvalue weighted by Crippen LogP contribution is 2.49. The number of hydrogen-bond acceptors (Lipinski definition) is 3. The molecule has 280 valence electrons. The summed E-state index contributed by atoms with van der Waals surface area (Å²) in [5, 5.41) is 5.62. The molecule has 8 aromatic rings. The van der Waals surface area contributed by atoms with E-state index in [2.05, 4.69) is 213 Å². The van der Waals surface area contributed by atoms with Crippen LogP contribution in [0.25, 0.3) is 0 Å². The maximum Gasteiger partial charge on any atom is 0.252 e. The number of fused-ring (bicyclic) bond motifs is 8. The molecule has 3 nitrogen and oxygen atoms in total. The van der Waals surface area contributed by atoms with Crippen molar-refractivity contribution in [3.8, 4) is 11.5 Å². The van der Waals surface area contributed by atoms with Crippen LogP contribution in [-0.4, -0.2) is 14.8 Å². The number of benzene rings is 8. The fourth-order valence-electron chi connectivity index (χ4n) is 12.1. The lowest BCUT2D eigenvalue weighted by Crippen LogP contribution is -2.79. The molecular weight excluding hydrogens is 732 g/mol. The zero-order valence-electron chi connectivity index (χ0n) is 33.6. The van der Waals surface area contributed by atoms with Gasteiger partial charge in [-0.15, -0.1) is 0 Å². The van der Waals surface area contributed by atoms with Crippen molar-refractivity contribution in [3.63, 3.8) is 0 Å². The molecule has 0 fully saturated rings. The predicted molar refractivity (Wildman–Crippen MR) is 248 cm³/mol. The topological polar surface area (TPSA) is 15.7 Å². The van der Waals surface area contributed by atoms with Gasteiger partial charge in [-0.25, -0.2) is 0 Å². The molecule has 5 heteroatoms. The molecule has 0 amide bonds. The molecule has 59 heavy (non-hydrogen) atoms. The van der Waals surface area contributed by atoms with Crippen LogP contribution in [0.4, 0.5) is 34.1 Å². The number of rotatable bonds is 2. The summed E-state index contributed by atoms with van der Waals surface area (Å²) in [5.74, 6) is 1.96. The minimum Gasteiger partial charge on any atom is -0.458 e. The average Bonchev–Trinajstić information content (AvgIpc) is 3.27. The van der Waals surface area contributed by atoms with Crippen LogP contribution in [0.1, 0.15) is 49.9 Å². The van der Waals surface area contributed by atoms with Crippen LogP contribution in [0.3, 0.4) is 0 Å². The second-order valence-electron chi connectivity index (χ2n) is 18.0. The van der Waals surface area contributed by atoms with Gasteiger partial charge in [0.2, 0.25) is 0 Å². The van der Waals surface area contributed by atoms with Crippen molar-refractivity contribution >= 4 is 86.0 Å². The lowest BCUT2D eigenvalue weighted by molar-refractivity contribution is 0.481. The van der Waals surface area contributed by atoms with Gasteiger partial charge < -0.3 is 14.5 Å². The van der Waals surface area contributed by atoms with E-state index in [1.165, 1.54) is 87.8 Å². The first kappa shape index (κ1) is 33.4. The Morgan fingerprint density at radius 3 is 1.36 bits per heavy atom. The lowest BCUT2D eigenvalue weighted by atomic mass is 9.26. The molecule has 0 radical (unpaired) electrons. The van der Waals surface area contributed by atoms with Crippen molar-refractivity contribution in [2.75, 3.05) is 9.80 Å². The van der Waals surface area contributed by atoms with Gasteiger partial charge in [0.1, 0.15) is 11.5 Å². The molecule has 0 aliphatic carbocycles. The first-order valence-electron chi connectivity index (χ1n) is 21.0. The van der Waals surface area contributed by atoms with E-state index in [1.54, 1.807) is 0 Å². The minimum atomic E-state index is -2.90. The number of hydrogen-bond donors (Lipinski definition) is 0. The molecule has 0 N–H and O–H groups in total. The molecule has 5 heterocycles. The molecule has 5 aliphatic heterocycles. The van der Waals surface area contributed by atoms with Crippen LogP contribution in [0, 0.1) is 0 Å². The lowest BCUT2D eigenvalue weighted by Gasteiger charge is -2.51. The summed E-state index contributed by atoms with van der Waals surface area (Å²) in [6.45, 7) is 9.77. The zero-order chi connectivity index (χ0) is 39.4. The molecule has 0 saturated heterocycles. The van der Waals surface area contributed by atoms with E-state index in [1.807, 2.05) is 0 Å². The Labute approximate surface area is 347 Å². The SMILES string of the molecule is CC1(C)c2cccc3c2B2c4c(cc(N5c6ccccc6[Si]6(c7ccccc7N(c7ccccc7)c7ccccc76)c6ccccc65)cc4C(C)(C)c4cccc1c42)O3. The van der Waals surface area contributed by atoms with Gasteiger partial charge in [0.25, 0.3) is 6.71 Å². The molecule has 5 aliphatic rings. The van der Waals surface area contributed by atoms with Gasteiger partial charge in [0, 0.05) is 45.3 Å². The van der Waals surface area contributed by atoms with Crippen molar-refractivity contribution in [1.82, 2.24) is 0 Å². The standard InChI is InChI=1S/C54H41BN2OSi/c1-53(2)36-20-16-21-37-50(36)55-51-38(53)22-17-27-44(51)58-45-33-35(32-39(52(45)55)54(37,3)4)57-42-25-10-14-30-48(42)59(49-31-15-11-26-43(49)57)46-28-12-8-23-40(46)56(34-18-6-5-7-19-34)41-24-9-13-29-47(41)59/h5-33H,1-4H3. The zero-order valence-corrected chi connectivity index (χ0v) is 34.6. The van der Waals surface area contributed by atoms with Crippen molar-refractivity contribution in [3.05, 3.63) is 198 Å². The summed E-state index contributed by atoms with van der Waals surface area (Å²) in [4.78, 5) is 5.03. The van der Waals surface area contributed by atoms with E-state index in [4.69, 9.17) is 4.74 Å². The fourth-order valence-corrected chi connectivity index (χ4v) is 17.6. The molecule has 0 aromatic heterocycles. The van der Waals surface area contributed by atoms with Gasteiger partial charge in [0.05, 0.1) is 5.69 Å². The first-order valence-corrected chi connectivity index (χ1v) is 23.0. The highest BCUT2D eigenvalue weighted by Gasteiger charge is 2.55. The third-order valence-corrected chi connectivity index (χ3v) is 19.5. The molecule has 1 spiro atoms. The van der Waals surface area contributed by atoms with Crippen molar-refractivity contribution in [2.24, 2.45) is 0 Å². The van der Waals surface area contributed by atoms with Gasteiger partial charge >= 0.3 is 0 Å². The summed E-state index contributed by atoms with van der Waals surface area (Å²) >= 11 is 0. The maximum atomic E-state index is 7.18. The number of ether oxygens (including phenoxy) is 1. The molecule has 0 atom stereocenters. The normalized spacial score (nSPS) is 16.9. The Bertz CT molecular complexity index is 3040. The largest absolute Gasteiger partial charge is 0.458 e. The summed E-state index contributed by atoms with van der Waals surface area (Å²) in [5.41, 5.74) is 16.6. The average molecular weight is 773 g/mol. The smallest absolute Gasteiger partial charge is 0.252 e. The van der Waals surface area contributed by atoms with Crippen LogP contribution in [0.5, 0.6) is 11.5 Å². The van der Waals surface area contributed by atoms with Crippen LogP contribution in [0.2, 0.25) is 0 Å². The summed E-state index contributed by atoms with van der Waals surface area (Å²) < 4.78 is 7.18. The van der Waals surface area contributed by atoms with Crippen LogP contribution < -0.4 is 51.7 Å². The van der Waals surface area contributed by atoms with Gasteiger partial charge in [-0.2, -0.15) is 0 Å². The first-order chi connectivity index (χ1) is 28.8. The molecule has 0 bridgehead atoms. The monoisotopic (exact) mass is 772 g/mol. The van der Waals surface area contributed by atoms with Gasteiger partial charge in [-0.05, 0) is 102 Å². The Hall–Kier alpha value is -6.56. The summed E-state index contributed by atoms with van der Waals surface area (Å²) in [6, 6.07) is 66.4. The Morgan fingerprint density at radius 1 is 0.390 bits per heavy atom. The minimum absolute atomic E-state index is 0.128. The predicted octanol–water partition coefficient (Wildman–Crippen LogP) is 8.53. The van der Waals surface area contributed by atoms with E-state index < -0.39 is 8.07 Å². The Balaban J connectivity index is 1.09. The second kappa shape index (κ2) is 11.3. The van der Waals surface area contributed by atoms with Crippen LogP contribution >= 0.6 is 0 Å². The Kier molecular flexibility index (Phi) is 6.42. The van der Waals surface area contributed by atoms with Gasteiger partial charge in [-0.1, -0.05) is 154 Å². The van der Waals surface area contributed by atoms with Crippen LogP contribution in [0.15, 0.2) is 176 Å². The summed E-state index contributed by atoms with van der Waals surface area (Å²) in [7, 11) is -2.90. The van der Waals surface area contributed by atoms with Crippen molar-refractivity contribution in [2.45, 2.75) is 38.5 Å². The summed E-state index contributed by atoms with van der Waals surface area (Å²) in [6.07, 6.45) is 0. The third-order valence-electron chi connectivity index (χ3n) is 14.5. The fraction of sp³-hybridized carbons (Fsp3) is 0.111. The van der Waals surface area contributed by atoms with E-state index >= 15 is 0 Å². The second-order valence-corrected chi connectivity index (χ2v) is 21.7. The highest BCUT2D eigenvalue weighted by molar-refractivity contribution is 7.23. The molecular formula is C54H41BN2OSi. The number of anilines is 6. The maximum absolute atomic E-state index is 7.18. The number of para-hydroxylation sites is 5. The van der Waals surface area contributed by atoms with E-state index in [0.29, 0.717) is 0 Å².